The van der Waals surface area contributed by atoms with Crippen molar-refractivity contribution in [1.29, 1.82) is 0 Å². The summed E-state index contributed by atoms with van der Waals surface area (Å²) in [6.45, 7) is 3.45. The van der Waals surface area contributed by atoms with Gasteiger partial charge in [-0.25, -0.2) is 0 Å². The van der Waals surface area contributed by atoms with Crippen LogP contribution < -0.4 is 10.1 Å². The predicted octanol–water partition coefficient (Wildman–Crippen LogP) is 4.39. The maximum atomic E-state index is 12.5. The highest BCUT2D eigenvalue weighted by molar-refractivity contribution is 5.39. The van der Waals surface area contributed by atoms with Crippen molar-refractivity contribution in [1.82, 2.24) is 5.32 Å². The van der Waals surface area contributed by atoms with Crippen molar-refractivity contribution >= 4 is 0 Å². The standard InChI is InChI=1S/C16H22F3NO/c1-2-9-20-14(7-8-16(17,18)19)12-5-6-15-13(11-12)4-3-10-21-15/h5-6,11,14,20H,2-4,7-10H2,1H3. The number of fused-ring (bicyclic) bond motifs is 1. The predicted molar refractivity (Wildman–Crippen MR) is 76.6 cm³/mol. The summed E-state index contributed by atoms with van der Waals surface area (Å²) < 4.78 is 43.0. The number of ether oxygens (including phenoxy) is 1. The third kappa shape index (κ3) is 4.92. The molecule has 2 nitrogen and oxygen atoms in total. The molecular weight excluding hydrogens is 279 g/mol. The maximum Gasteiger partial charge on any atom is 0.389 e. The van der Waals surface area contributed by atoms with Gasteiger partial charge < -0.3 is 10.1 Å². The van der Waals surface area contributed by atoms with Gasteiger partial charge in [-0.1, -0.05) is 19.1 Å². The lowest BCUT2D eigenvalue weighted by Gasteiger charge is -2.23. The van der Waals surface area contributed by atoms with Crippen molar-refractivity contribution in [3.8, 4) is 5.75 Å². The molecular formula is C16H22F3NO. The topological polar surface area (TPSA) is 21.3 Å². The summed E-state index contributed by atoms with van der Waals surface area (Å²) in [4.78, 5) is 0. The van der Waals surface area contributed by atoms with Crippen LogP contribution in [0.1, 0.15) is 49.8 Å². The Morgan fingerprint density at radius 1 is 1.33 bits per heavy atom. The van der Waals surface area contributed by atoms with Crippen LogP contribution >= 0.6 is 0 Å². The molecule has 1 aliphatic rings. The zero-order valence-corrected chi connectivity index (χ0v) is 12.3. The molecule has 0 radical (unpaired) electrons. The summed E-state index contributed by atoms with van der Waals surface area (Å²) in [6.07, 6.45) is -2.00. The Morgan fingerprint density at radius 3 is 2.86 bits per heavy atom. The zero-order chi connectivity index (χ0) is 15.3. The van der Waals surface area contributed by atoms with Crippen LogP contribution in [0.15, 0.2) is 18.2 Å². The fourth-order valence-electron chi connectivity index (χ4n) is 2.61. The Balaban J connectivity index is 2.11. The van der Waals surface area contributed by atoms with Crippen LogP contribution in [0.25, 0.3) is 0 Å². The Hall–Kier alpha value is -1.23. The molecule has 1 unspecified atom stereocenters. The van der Waals surface area contributed by atoms with Crippen LogP contribution in [0.3, 0.4) is 0 Å². The SMILES string of the molecule is CCCNC(CCC(F)(F)F)c1ccc2c(c1)CCCO2. The third-order valence-corrected chi connectivity index (χ3v) is 3.69. The van der Waals surface area contributed by atoms with Crippen LogP contribution in [0.2, 0.25) is 0 Å². The average molecular weight is 301 g/mol. The molecule has 1 heterocycles. The number of hydrogen-bond donors (Lipinski definition) is 1. The number of nitrogens with one attached hydrogen (secondary N) is 1. The van der Waals surface area contributed by atoms with E-state index in [9.17, 15) is 13.2 Å². The number of alkyl halides is 3. The van der Waals surface area contributed by atoms with Crippen molar-refractivity contribution in [3.05, 3.63) is 29.3 Å². The minimum Gasteiger partial charge on any atom is -0.493 e. The second-order valence-electron chi connectivity index (χ2n) is 5.48. The molecule has 0 aliphatic carbocycles. The largest absolute Gasteiger partial charge is 0.493 e. The van der Waals surface area contributed by atoms with E-state index in [2.05, 4.69) is 5.32 Å². The van der Waals surface area contributed by atoms with Gasteiger partial charge in [0.15, 0.2) is 0 Å². The minimum absolute atomic E-state index is 0.0726. The fraction of sp³-hybridized carbons (Fsp3) is 0.625. The van der Waals surface area contributed by atoms with Crippen LogP contribution in [-0.4, -0.2) is 19.3 Å². The lowest BCUT2D eigenvalue weighted by atomic mass is 9.96. The van der Waals surface area contributed by atoms with E-state index >= 15 is 0 Å². The van der Waals surface area contributed by atoms with Crippen molar-refractivity contribution < 1.29 is 17.9 Å². The molecule has 1 aromatic carbocycles. The van der Waals surface area contributed by atoms with Crippen molar-refractivity contribution in [2.45, 2.75) is 51.2 Å². The molecule has 0 amide bonds. The molecule has 21 heavy (non-hydrogen) atoms. The number of hydrogen-bond acceptors (Lipinski definition) is 2. The number of rotatable bonds is 6. The van der Waals surface area contributed by atoms with Crippen LogP contribution in [0.4, 0.5) is 13.2 Å². The molecule has 0 saturated carbocycles. The highest BCUT2D eigenvalue weighted by Crippen LogP contribution is 2.31. The van der Waals surface area contributed by atoms with Gasteiger partial charge in [-0.2, -0.15) is 13.2 Å². The lowest BCUT2D eigenvalue weighted by Crippen LogP contribution is -2.24. The molecule has 1 aliphatic heterocycles. The molecule has 1 atom stereocenters. The van der Waals surface area contributed by atoms with Gasteiger partial charge in [0.25, 0.3) is 0 Å². The first-order chi connectivity index (χ1) is 9.99. The summed E-state index contributed by atoms with van der Waals surface area (Å²) in [7, 11) is 0. The monoisotopic (exact) mass is 301 g/mol. The lowest BCUT2D eigenvalue weighted by molar-refractivity contribution is -0.136. The van der Waals surface area contributed by atoms with Crippen LogP contribution in [0, 0.1) is 0 Å². The van der Waals surface area contributed by atoms with Crippen molar-refractivity contribution in [2.75, 3.05) is 13.2 Å². The highest BCUT2D eigenvalue weighted by Gasteiger charge is 2.28. The summed E-state index contributed by atoms with van der Waals surface area (Å²) >= 11 is 0. The number of benzene rings is 1. The first-order valence-corrected chi connectivity index (χ1v) is 7.55. The molecule has 1 N–H and O–H groups in total. The van der Waals surface area contributed by atoms with Gasteiger partial charge >= 0.3 is 6.18 Å². The first kappa shape index (κ1) is 16.1. The van der Waals surface area contributed by atoms with Crippen molar-refractivity contribution in [3.63, 3.8) is 0 Å². The highest BCUT2D eigenvalue weighted by atomic mass is 19.4. The van der Waals surface area contributed by atoms with Gasteiger partial charge in [0, 0.05) is 12.5 Å². The smallest absolute Gasteiger partial charge is 0.389 e. The van der Waals surface area contributed by atoms with Gasteiger partial charge in [0.05, 0.1) is 6.61 Å². The molecule has 0 spiro atoms. The second kappa shape index (κ2) is 7.16. The minimum atomic E-state index is -4.11. The Kier molecular flexibility index (Phi) is 5.51. The van der Waals surface area contributed by atoms with E-state index in [0.29, 0.717) is 0 Å². The molecule has 0 bridgehead atoms. The van der Waals surface area contributed by atoms with E-state index in [1.165, 1.54) is 0 Å². The van der Waals surface area contributed by atoms with E-state index in [1.807, 2.05) is 25.1 Å². The van der Waals surface area contributed by atoms with Crippen LogP contribution in [0.5, 0.6) is 5.75 Å². The Labute approximate surface area is 123 Å². The van der Waals surface area contributed by atoms with Gasteiger partial charge in [-0.15, -0.1) is 0 Å². The van der Waals surface area contributed by atoms with Gasteiger partial charge in [0.1, 0.15) is 5.75 Å². The average Bonchev–Trinajstić information content (AvgIpc) is 2.46. The quantitative estimate of drug-likeness (QED) is 0.841. The number of aryl methyl sites for hydroxylation is 1. The normalized spacial score (nSPS) is 16.2. The summed E-state index contributed by atoms with van der Waals surface area (Å²) in [6, 6.07) is 5.52. The summed E-state index contributed by atoms with van der Waals surface area (Å²) in [5.74, 6) is 0.870. The fourth-order valence-corrected chi connectivity index (χ4v) is 2.61. The molecule has 0 fully saturated rings. The van der Waals surface area contributed by atoms with E-state index in [-0.39, 0.29) is 12.5 Å². The van der Waals surface area contributed by atoms with E-state index in [0.717, 1.165) is 49.3 Å². The van der Waals surface area contributed by atoms with Crippen LogP contribution in [-0.2, 0) is 6.42 Å². The molecule has 1 aromatic rings. The van der Waals surface area contributed by atoms with E-state index < -0.39 is 12.6 Å². The Bertz CT molecular complexity index is 459. The molecule has 5 heteroatoms. The van der Waals surface area contributed by atoms with Gasteiger partial charge in [-0.3, -0.25) is 0 Å². The molecule has 118 valence electrons. The molecule has 0 saturated heterocycles. The van der Waals surface area contributed by atoms with E-state index in [4.69, 9.17) is 4.74 Å². The summed E-state index contributed by atoms with van der Waals surface area (Å²) in [5.41, 5.74) is 2.03. The third-order valence-electron chi connectivity index (χ3n) is 3.69. The maximum absolute atomic E-state index is 12.5. The summed E-state index contributed by atoms with van der Waals surface area (Å²) in [5, 5.41) is 3.22. The second-order valence-corrected chi connectivity index (χ2v) is 5.48. The molecule has 2 rings (SSSR count). The molecule has 0 aromatic heterocycles. The van der Waals surface area contributed by atoms with Crippen molar-refractivity contribution in [2.24, 2.45) is 0 Å². The first-order valence-electron chi connectivity index (χ1n) is 7.55. The van der Waals surface area contributed by atoms with Gasteiger partial charge in [0.2, 0.25) is 0 Å². The Morgan fingerprint density at radius 2 is 2.14 bits per heavy atom. The number of halogens is 3. The van der Waals surface area contributed by atoms with Gasteiger partial charge in [-0.05, 0) is 49.4 Å². The van der Waals surface area contributed by atoms with E-state index in [1.54, 1.807) is 0 Å². The zero-order valence-electron chi connectivity index (χ0n) is 12.3.